The molecule has 3 heterocycles. The molecule has 0 aliphatic rings. The number of H-pyrrole nitrogens is 1. The summed E-state index contributed by atoms with van der Waals surface area (Å²) < 4.78 is 18.4. The number of benzene rings is 1. The molecule has 0 saturated carbocycles. The highest BCUT2D eigenvalue weighted by Crippen LogP contribution is 2.33. The van der Waals surface area contributed by atoms with Crippen molar-refractivity contribution in [3.05, 3.63) is 75.1 Å². The first-order chi connectivity index (χ1) is 13.6. The number of ether oxygens (including phenoxy) is 1. The highest BCUT2D eigenvalue weighted by atomic mass is 35.5. The lowest BCUT2D eigenvalue weighted by Crippen LogP contribution is -1.95. The van der Waals surface area contributed by atoms with E-state index in [1.165, 1.54) is 10.9 Å². The highest BCUT2D eigenvalue weighted by Gasteiger charge is 2.11. The van der Waals surface area contributed by atoms with Gasteiger partial charge in [-0.05, 0) is 48.6 Å². The summed E-state index contributed by atoms with van der Waals surface area (Å²) in [6.07, 6.45) is 3.06. The van der Waals surface area contributed by atoms with Crippen LogP contribution in [0.5, 0.6) is 5.75 Å². The number of aromatic amines is 1. The molecule has 4 aromatic rings. The number of furan rings is 2. The lowest BCUT2D eigenvalue weighted by molar-refractivity contribution is 0.270. The summed E-state index contributed by atoms with van der Waals surface area (Å²) in [5.74, 6) is 2.49. The van der Waals surface area contributed by atoms with Crippen LogP contribution < -0.4 is 4.74 Å². The number of halogens is 2. The van der Waals surface area contributed by atoms with Gasteiger partial charge >= 0.3 is 0 Å². The van der Waals surface area contributed by atoms with Gasteiger partial charge in [-0.1, -0.05) is 29.3 Å². The Hall–Kier alpha value is -2.81. The van der Waals surface area contributed by atoms with E-state index in [2.05, 4.69) is 15.3 Å². The first kappa shape index (κ1) is 18.5. The van der Waals surface area contributed by atoms with Gasteiger partial charge in [-0.2, -0.15) is 9.78 Å². The summed E-state index contributed by atoms with van der Waals surface area (Å²) in [5, 5.41) is 12.0. The Kier molecular flexibility index (Phi) is 5.34. The van der Waals surface area contributed by atoms with Crippen molar-refractivity contribution in [3.63, 3.8) is 0 Å². The van der Waals surface area contributed by atoms with Crippen LogP contribution in [0.3, 0.4) is 0 Å². The Morgan fingerprint density at radius 1 is 1.18 bits per heavy atom. The topological polar surface area (TPSA) is 81.5 Å². The van der Waals surface area contributed by atoms with E-state index in [4.69, 9.17) is 49.0 Å². The average Bonchev–Trinajstić information content (AvgIpc) is 3.41. The van der Waals surface area contributed by atoms with E-state index in [0.717, 1.165) is 0 Å². The second kappa shape index (κ2) is 8.05. The third-order valence-corrected chi connectivity index (χ3v) is 4.51. The third kappa shape index (κ3) is 3.89. The van der Waals surface area contributed by atoms with Gasteiger partial charge in [0.05, 0.1) is 22.5 Å². The quantitative estimate of drug-likeness (QED) is 0.317. The molecule has 0 fully saturated rings. The van der Waals surface area contributed by atoms with E-state index in [-0.39, 0.29) is 6.61 Å². The van der Waals surface area contributed by atoms with Crippen molar-refractivity contribution in [1.82, 2.24) is 14.9 Å². The molecule has 0 unspecified atom stereocenters. The summed E-state index contributed by atoms with van der Waals surface area (Å²) in [4.78, 5) is 0. The van der Waals surface area contributed by atoms with Crippen LogP contribution in [0.25, 0.3) is 11.6 Å². The zero-order valence-corrected chi connectivity index (χ0v) is 16.5. The molecule has 0 radical (unpaired) electrons. The third-order valence-electron chi connectivity index (χ3n) is 3.65. The second-order valence-electron chi connectivity index (χ2n) is 5.53. The van der Waals surface area contributed by atoms with Crippen LogP contribution in [0.15, 0.2) is 62.7 Å². The van der Waals surface area contributed by atoms with Crippen LogP contribution in [0.2, 0.25) is 10.0 Å². The molecule has 28 heavy (non-hydrogen) atoms. The predicted octanol–water partition coefficient (Wildman–Crippen LogP) is 5.56. The maximum Gasteiger partial charge on any atom is 0.219 e. The first-order valence-electron chi connectivity index (χ1n) is 8.03. The average molecular weight is 435 g/mol. The van der Waals surface area contributed by atoms with Gasteiger partial charge in [0.2, 0.25) is 10.6 Å². The van der Waals surface area contributed by atoms with Crippen molar-refractivity contribution in [2.45, 2.75) is 6.61 Å². The molecule has 0 atom stereocenters. The summed E-state index contributed by atoms with van der Waals surface area (Å²) in [7, 11) is 0. The Bertz CT molecular complexity index is 1160. The van der Waals surface area contributed by atoms with Crippen molar-refractivity contribution in [2.24, 2.45) is 5.10 Å². The first-order valence-corrected chi connectivity index (χ1v) is 9.19. The van der Waals surface area contributed by atoms with Crippen LogP contribution in [0, 0.1) is 4.77 Å². The number of nitrogens with one attached hydrogen (secondary N) is 1. The molecular weight excluding hydrogens is 423 g/mol. The molecule has 0 saturated heterocycles. The van der Waals surface area contributed by atoms with Gasteiger partial charge in [0.15, 0.2) is 11.5 Å². The number of hydrogen-bond acceptors (Lipinski definition) is 6. The Morgan fingerprint density at radius 2 is 2.00 bits per heavy atom. The standard InChI is InChI=1S/C18H12Cl2N4O3S/c19-13-3-1-4-14(20)16(13)26-10-12-7-6-11(27-12)9-21-24-17(22-23-18(24)28)15-5-2-8-25-15/h1-9H,10H2,(H,23,28). The van der Waals surface area contributed by atoms with Gasteiger partial charge in [0.1, 0.15) is 18.1 Å². The number of nitrogens with zero attached hydrogens (tertiary/aromatic N) is 3. The minimum atomic E-state index is 0.167. The summed E-state index contributed by atoms with van der Waals surface area (Å²) in [6, 6.07) is 12.2. The van der Waals surface area contributed by atoms with Gasteiger partial charge in [-0.15, -0.1) is 5.10 Å². The van der Waals surface area contributed by atoms with E-state index in [1.807, 2.05) is 0 Å². The minimum Gasteiger partial charge on any atom is -0.483 e. The monoisotopic (exact) mass is 434 g/mol. The van der Waals surface area contributed by atoms with Gasteiger partial charge < -0.3 is 13.6 Å². The van der Waals surface area contributed by atoms with E-state index < -0.39 is 0 Å². The molecule has 1 aromatic carbocycles. The summed E-state index contributed by atoms with van der Waals surface area (Å²) in [6.45, 7) is 0.167. The Morgan fingerprint density at radius 3 is 2.75 bits per heavy atom. The molecule has 1 N–H and O–H groups in total. The molecule has 10 heteroatoms. The van der Waals surface area contributed by atoms with Gasteiger partial charge in [-0.3, -0.25) is 0 Å². The number of hydrogen-bond donors (Lipinski definition) is 1. The molecule has 0 amide bonds. The Balaban J connectivity index is 1.49. The van der Waals surface area contributed by atoms with Crippen LogP contribution >= 0.6 is 35.4 Å². The summed E-state index contributed by atoms with van der Waals surface area (Å²) in [5.41, 5.74) is 0. The molecule has 0 aliphatic carbocycles. The zero-order valence-electron chi connectivity index (χ0n) is 14.1. The normalized spacial score (nSPS) is 11.4. The fourth-order valence-electron chi connectivity index (χ4n) is 2.38. The van der Waals surface area contributed by atoms with Crippen molar-refractivity contribution in [1.29, 1.82) is 0 Å². The van der Waals surface area contributed by atoms with Gasteiger partial charge in [0, 0.05) is 0 Å². The van der Waals surface area contributed by atoms with Crippen molar-refractivity contribution in [3.8, 4) is 17.3 Å². The fraction of sp³-hybridized carbons (Fsp3) is 0.0556. The Labute approximate surface area is 174 Å². The van der Waals surface area contributed by atoms with Crippen LogP contribution in [-0.2, 0) is 6.61 Å². The largest absolute Gasteiger partial charge is 0.483 e. The number of rotatable bonds is 6. The minimum absolute atomic E-state index is 0.167. The lowest BCUT2D eigenvalue weighted by atomic mass is 10.3. The van der Waals surface area contributed by atoms with Crippen LogP contribution in [-0.4, -0.2) is 21.1 Å². The van der Waals surface area contributed by atoms with Gasteiger partial charge in [-0.25, -0.2) is 5.10 Å². The molecular formula is C18H12Cl2N4O3S. The molecule has 0 bridgehead atoms. The molecule has 4 rings (SSSR count). The van der Waals surface area contributed by atoms with Gasteiger partial charge in [0.25, 0.3) is 0 Å². The predicted molar refractivity (Wildman–Crippen MR) is 108 cm³/mol. The molecule has 142 valence electrons. The van der Waals surface area contributed by atoms with Crippen molar-refractivity contribution >= 4 is 41.6 Å². The lowest BCUT2D eigenvalue weighted by Gasteiger charge is -2.07. The fourth-order valence-corrected chi connectivity index (χ4v) is 3.07. The highest BCUT2D eigenvalue weighted by molar-refractivity contribution is 7.71. The van der Waals surface area contributed by atoms with Crippen molar-refractivity contribution in [2.75, 3.05) is 0 Å². The van der Waals surface area contributed by atoms with Crippen molar-refractivity contribution < 1.29 is 13.6 Å². The molecule has 0 aliphatic heterocycles. The van der Waals surface area contributed by atoms with E-state index >= 15 is 0 Å². The van der Waals surface area contributed by atoms with E-state index in [9.17, 15) is 0 Å². The zero-order chi connectivity index (χ0) is 19.5. The smallest absolute Gasteiger partial charge is 0.219 e. The maximum atomic E-state index is 6.09. The van der Waals surface area contributed by atoms with Crippen LogP contribution in [0.4, 0.5) is 0 Å². The van der Waals surface area contributed by atoms with E-state index in [0.29, 0.717) is 43.7 Å². The molecule has 7 nitrogen and oxygen atoms in total. The molecule has 0 spiro atoms. The number of para-hydroxylation sites is 1. The second-order valence-corrected chi connectivity index (χ2v) is 6.73. The maximum absolute atomic E-state index is 6.09. The molecule has 3 aromatic heterocycles. The SMILES string of the molecule is S=c1[nH]nc(-c2ccco2)n1N=Cc1ccc(COc2c(Cl)cccc2Cl)o1. The van der Waals surface area contributed by atoms with E-state index in [1.54, 1.807) is 48.7 Å². The number of aromatic nitrogens is 3. The van der Waals surface area contributed by atoms with Crippen LogP contribution in [0.1, 0.15) is 11.5 Å². The summed E-state index contributed by atoms with van der Waals surface area (Å²) >= 11 is 17.4.